The fraction of sp³-hybridized carbons (Fsp3) is 0.625. The van der Waals surface area contributed by atoms with Gasteiger partial charge in [0.2, 0.25) is 0 Å². The van der Waals surface area contributed by atoms with E-state index in [1.807, 2.05) is 12.1 Å². The second kappa shape index (κ2) is 9.05. The van der Waals surface area contributed by atoms with Crippen molar-refractivity contribution in [3.63, 3.8) is 0 Å². The van der Waals surface area contributed by atoms with E-state index in [-0.39, 0.29) is 11.9 Å². The molecule has 1 aromatic rings. The van der Waals surface area contributed by atoms with Crippen LogP contribution in [0.5, 0.6) is 0 Å². The Balaban J connectivity index is 2.64. The van der Waals surface area contributed by atoms with Crippen molar-refractivity contribution in [1.82, 2.24) is 10.2 Å². The summed E-state index contributed by atoms with van der Waals surface area (Å²) in [5.41, 5.74) is 0.792. The summed E-state index contributed by atoms with van der Waals surface area (Å²) in [5, 5.41) is 3.46. The molecule has 0 aromatic heterocycles. The van der Waals surface area contributed by atoms with Gasteiger partial charge in [-0.05, 0) is 52.0 Å². The summed E-state index contributed by atoms with van der Waals surface area (Å²) in [6.07, 6.45) is 3.16. The maximum absolute atomic E-state index is 13.9. The van der Waals surface area contributed by atoms with Crippen LogP contribution in [0.2, 0.25) is 0 Å². The maximum Gasteiger partial charge on any atom is 0.127 e. The molecule has 0 saturated carbocycles. The van der Waals surface area contributed by atoms with Gasteiger partial charge in [-0.3, -0.25) is 0 Å². The Labute approximate surface area is 117 Å². The topological polar surface area (TPSA) is 15.3 Å². The zero-order chi connectivity index (χ0) is 14.1. The molecule has 2 nitrogen and oxygen atoms in total. The highest BCUT2D eigenvalue weighted by atomic mass is 19.1. The average molecular weight is 266 g/mol. The minimum absolute atomic E-state index is 0.103. The first-order valence-electron chi connectivity index (χ1n) is 7.35. The van der Waals surface area contributed by atoms with Gasteiger partial charge in [-0.1, -0.05) is 32.0 Å². The third-order valence-electron chi connectivity index (χ3n) is 3.33. The summed E-state index contributed by atoms with van der Waals surface area (Å²) >= 11 is 0. The molecule has 1 N–H and O–H groups in total. The predicted octanol–water partition coefficient (Wildman–Crippen LogP) is 3.60. The Bertz CT molecular complexity index is 354. The molecule has 1 rings (SSSR count). The Kier molecular flexibility index (Phi) is 7.68. The number of rotatable bonds is 9. The van der Waals surface area contributed by atoms with E-state index in [9.17, 15) is 4.39 Å². The molecule has 0 fully saturated rings. The highest BCUT2D eigenvalue weighted by Crippen LogP contribution is 2.20. The number of benzene rings is 1. The lowest BCUT2D eigenvalue weighted by Gasteiger charge is -2.23. The fourth-order valence-electron chi connectivity index (χ4n) is 2.29. The van der Waals surface area contributed by atoms with Gasteiger partial charge in [0.25, 0.3) is 0 Å². The van der Waals surface area contributed by atoms with Crippen LogP contribution in [0.3, 0.4) is 0 Å². The third-order valence-corrected chi connectivity index (χ3v) is 3.33. The molecular weight excluding hydrogens is 239 g/mol. The Morgan fingerprint density at radius 2 is 1.89 bits per heavy atom. The van der Waals surface area contributed by atoms with Crippen LogP contribution in [0.4, 0.5) is 4.39 Å². The maximum atomic E-state index is 13.9. The number of hydrogen-bond acceptors (Lipinski definition) is 2. The van der Waals surface area contributed by atoms with E-state index in [0.717, 1.165) is 44.5 Å². The van der Waals surface area contributed by atoms with Gasteiger partial charge in [0.15, 0.2) is 0 Å². The molecule has 3 heteroatoms. The van der Waals surface area contributed by atoms with Crippen LogP contribution in [-0.4, -0.2) is 31.6 Å². The minimum Gasteiger partial charge on any atom is -0.310 e. The summed E-state index contributed by atoms with van der Waals surface area (Å²) in [6.45, 7) is 7.33. The Morgan fingerprint density at radius 3 is 2.53 bits per heavy atom. The van der Waals surface area contributed by atoms with Gasteiger partial charge < -0.3 is 10.2 Å². The predicted molar refractivity (Wildman–Crippen MR) is 79.8 cm³/mol. The van der Waals surface area contributed by atoms with Crippen molar-refractivity contribution >= 4 is 0 Å². The monoisotopic (exact) mass is 266 g/mol. The van der Waals surface area contributed by atoms with Crippen molar-refractivity contribution in [2.45, 2.75) is 39.2 Å². The van der Waals surface area contributed by atoms with Crippen LogP contribution in [0.15, 0.2) is 24.3 Å². The molecule has 0 heterocycles. The van der Waals surface area contributed by atoms with Gasteiger partial charge in [-0.15, -0.1) is 0 Å². The molecular formula is C16H27FN2. The van der Waals surface area contributed by atoms with Gasteiger partial charge in [-0.2, -0.15) is 0 Å². The highest BCUT2D eigenvalue weighted by Gasteiger charge is 2.15. The first kappa shape index (κ1) is 16.1. The van der Waals surface area contributed by atoms with Crippen LogP contribution in [0, 0.1) is 5.82 Å². The average Bonchev–Trinajstić information content (AvgIpc) is 2.40. The molecule has 1 unspecified atom stereocenters. The van der Waals surface area contributed by atoms with E-state index in [1.54, 1.807) is 12.1 Å². The molecule has 0 aliphatic heterocycles. The molecule has 0 aliphatic rings. The van der Waals surface area contributed by atoms with Crippen molar-refractivity contribution in [2.75, 3.05) is 26.7 Å². The Morgan fingerprint density at radius 1 is 1.16 bits per heavy atom. The van der Waals surface area contributed by atoms with Crippen molar-refractivity contribution in [3.8, 4) is 0 Å². The normalized spacial score (nSPS) is 12.9. The molecule has 0 radical (unpaired) electrons. The van der Waals surface area contributed by atoms with Gasteiger partial charge in [-0.25, -0.2) is 4.39 Å². The van der Waals surface area contributed by atoms with Crippen LogP contribution < -0.4 is 5.32 Å². The molecule has 108 valence electrons. The minimum atomic E-state index is -0.103. The summed E-state index contributed by atoms with van der Waals surface area (Å²) in [6, 6.07) is 7.21. The molecule has 0 bridgehead atoms. The lowest BCUT2D eigenvalue weighted by molar-refractivity contribution is 0.306. The molecule has 0 saturated heterocycles. The van der Waals surface area contributed by atoms with Crippen molar-refractivity contribution in [1.29, 1.82) is 0 Å². The van der Waals surface area contributed by atoms with Gasteiger partial charge in [0.05, 0.1) is 0 Å². The third kappa shape index (κ3) is 5.70. The van der Waals surface area contributed by atoms with Gasteiger partial charge in [0, 0.05) is 11.6 Å². The summed E-state index contributed by atoms with van der Waals surface area (Å²) < 4.78 is 13.9. The van der Waals surface area contributed by atoms with E-state index >= 15 is 0 Å². The van der Waals surface area contributed by atoms with Gasteiger partial charge in [0.1, 0.15) is 5.82 Å². The molecule has 1 aromatic carbocycles. The quantitative estimate of drug-likeness (QED) is 0.734. The van der Waals surface area contributed by atoms with Gasteiger partial charge >= 0.3 is 0 Å². The second-order valence-electron chi connectivity index (χ2n) is 5.12. The van der Waals surface area contributed by atoms with Crippen LogP contribution >= 0.6 is 0 Å². The van der Waals surface area contributed by atoms with Crippen LogP contribution in [-0.2, 0) is 0 Å². The van der Waals surface area contributed by atoms with E-state index in [0.29, 0.717) is 0 Å². The Hall–Kier alpha value is -0.930. The van der Waals surface area contributed by atoms with Crippen molar-refractivity contribution < 1.29 is 4.39 Å². The van der Waals surface area contributed by atoms with E-state index < -0.39 is 0 Å². The highest BCUT2D eigenvalue weighted by molar-refractivity contribution is 5.21. The van der Waals surface area contributed by atoms with Crippen molar-refractivity contribution in [2.24, 2.45) is 0 Å². The summed E-state index contributed by atoms with van der Waals surface area (Å²) in [7, 11) is 2.13. The summed E-state index contributed by atoms with van der Waals surface area (Å²) in [4.78, 5) is 2.31. The number of nitrogens with one attached hydrogen (secondary N) is 1. The molecule has 0 spiro atoms. The number of hydrogen-bond donors (Lipinski definition) is 1. The fourth-order valence-corrected chi connectivity index (χ4v) is 2.29. The molecule has 19 heavy (non-hydrogen) atoms. The first-order valence-corrected chi connectivity index (χ1v) is 7.35. The zero-order valence-electron chi connectivity index (χ0n) is 12.5. The summed E-state index contributed by atoms with van der Waals surface area (Å²) in [5.74, 6) is -0.103. The van der Waals surface area contributed by atoms with E-state index in [4.69, 9.17) is 0 Å². The standard InChI is InChI=1S/C16H27FN2/c1-4-11-18-16(10-13-19(3)12-5-2)14-8-6-7-9-15(14)17/h6-9,16,18H,4-5,10-13H2,1-3H3. The molecule has 1 atom stereocenters. The number of halogens is 1. The second-order valence-corrected chi connectivity index (χ2v) is 5.12. The molecule has 0 amide bonds. The number of nitrogens with zero attached hydrogens (tertiary/aromatic N) is 1. The smallest absolute Gasteiger partial charge is 0.127 e. The zero-order valence-corrected chi connectivity index (χ0v) is 12.5. The van der Waals surface area contributed by atoms with E-state index in [2.05, 4.69) is 31.1 Å². The molecule has 0 aliphatic carbocycles. The largest absolute Gasteiger partial charge is 0.310 e. The lowest BCUT2D eigenvalue weighted by Crippen LogP contribution is -2.28. The van der Waals surface area contributed by atoms with Crippen LogP contribution in [0.1, 0.15) is 44.7 Å². The van der Waals surface area contributed by atoms with Crippen molar-refractivity contribution in [3.05, 3.63) is 35.6 Å². The van der Waals surface area contributed by atoms with E-state index in [1.165, 1.54) is 0 Å². The lowest BCUT2D eigenvalue weighted by atomic mass is 10.0. The SMILES string of the molecule is CCCNC(CCN(C)CCC)c1ccccc1F. The van der Waals surface area contributed by atoms with Crippen LogP contribution in [0.25, 0.3) is 0 Å². The first-order chi connectivity index (χ1) is 9.19.